The molecule has 1 unspecified atom stereocenters. The number of nitrogens with one attached hydrogen (secondary N) is 1. The molecule has 0 fully saturated rings. The predicted molar refractivity (Wildman–Crippen MR) is 70.0 cm³/mol. The van der Waals surface area contributed by atoms with Crippen LogP contribution >= 0.6 is 0 Å². The van der Waals surface area contributed by atoms with Crippen molar-refractivity contribution in [2.24, 2.45) is 0 Å². The third-order valence-corrected chi connectivity index (χ3v) is 2.79. The monoisotopic (exact) mass is 241 g/mol. The minimum absolute atomic E-state index is 0.362. The van der Waals surface area contributed by atoms with E-state index in [1.54, 1.807) is 13.3 Å². The maximum absolute atomic E-state index is 9.26. The Hall–Kier alpha value is -1.96. The minimum Gasteiger partial charge on any atom is -0.383 e. The van der Waals surface area contributed by atoms with Crippen LogP contribution in [0.15, 0.2) is 36.7 Å². The van der Waals surface area contributed by atoms with Crippen LogP contribution in [0.2, 0.25) is 0 Å². The molecule has 2 rings (SSSR count). The maximum Gasteiger partial charge on any atom is 0.123 e. The fourth-order valence-corrected chi connectivity index (χ4v) is 1.90. The molecule has 0 spiro atoms. The Morgan fingerprint density at radius 1 is 1.39 bits per heavy atom. The number of ether oxygens (including phenoxy) is 1. The molecule has 0 bridgehead atoms. The van der Waals surface area contributed by atoms with Gasteiger partial charge in [0.25, 0.3) is 0 Å². The van der Waals surface area contributed by atoms with Crippen LogP contribution in [0.5, 0.6) is 0 Å². The molecule has 0 radical (unpaired) electrons. The fourth-order valence-electron chi connectivity index (χ4n) is 1.90. The lowest BCUT2D eigenvalue weighted by molar-refractivity contribution is 0.198. The first-order valence-corrected chi connectivity index (χ1v) is 5.81. The quantitative estimate of drug-likeness (QED) is 0.814. The summed E-state index contributed by atoms with van der Waals surface area (Å²) in [6.07, 6.45) is 3.55. The van der Waals surface area contributed by atoms with E-state index in [9.17, 15) is 5.26 Å². The van der Waals surface area contributed by atoms with E-state index in [0.717, 1.165) is 16.3 Å². The summed E-state index contributed by atoms with van der Waals surface area (Å²) in [6, 6.07) is 9.84. The van der Waals surface area contributed by atoms with E-state index in [1.807, 2.05) is 30.5 Å². The van der Waals surface area contributed by atoms with E-state index in [1.165, 1.54) is 0 Å². The van der Waals surface area contributed by atoms with Crippen LogP contribution in [-0.4, -0.2) is 25.2 Å². The van der Waals surface area contributed by atoms with Crippen LogP contribution in [0.4, 0.5) is 0 Å². The van der Waals surface area contributed by atoms with Crippen molar-refractivity contribution < 1.29 is 4.74 Å². The minimum atomic E-state index is -0.362. The molecule has 0 aliphatic rings. The van der Waals surface area contributed by atoms with Crippen LogP contribution < -0.4 is 5.32 Å². The lowest BCUT2D eigenvalue weighted by atomic mass is 10.0. The average molecular weight is 241 g/mol. The number of nitrogens with zero attached hydrogens (tertiary/aromatic N) is 2. The summed E-state index contributed by atoms with van der Waals surface area (Å²) >= 11 is 0. The van der Waals surface area contributed by atoms with Crippen molar-refractivity contribution in [2.75, 3.05) is 20.3 Å². The zero-order chi connectivity index (χ0) is 12.8. The summed E-state index contributed by atoms with van der Waals surface area (Å²) in [5.41, 5.74) is 0.909. The zero-order valence-corrected chi connectivity index (χ0v) is 10.3. The molecule has 0 saturated heterocycles. The maximum atomic E-state index is 9.26. The normalized spacial score (nSPS) is 12.2. The van der Waals surface area contributed by atoms with Gasteiger partial charge in [0.05, 0.1) is 12.7 Å². The van der Waals surface area contributed by atoms with Crippen LogP contribution in [-0.2, 0) is 4.74 Å². The predicted octanol–water partition coefficient (Wildman–Crippen LogP) is 2.04. The Morgan fingerprint density at radius 2 is 2.22 bits per heavy atom. The second kappa shape index (κ2) is 6.10. The molecule has 1 aromatic heterocycles. The molecular formula is C14H15N3O. The van der Waals surface area contributed by atoms with Gasteiger partial charge in [-0.2, -0.15) is 5.26 Å². The van der Waals surface area contributed by atoms with Gasteiger partial charge in [0.1, 0.15) is 6.04 Å². The average Bonchev–Trinajstić information content (AvgIpc) is 2.43. The highest BCUT2D eigenvalue weighted by Crippen LogP contribution is 2.22. The fraction of sp³-hybridized carbons (Fsp3) is 0.286. The third-order valence-electron chi connectivity index (χ3n) is 2.79. The number of pyridine rings is 1. The molecule has 92 valence electrons. The van der Waals surface area contributed by atoms with Gasteiger partial charge < -0.3 is 4.74 Å². The molecule has 0 saturated carbocycles. The summed E-state index contributed by atoms with van der Waals surface area (Å²) in [4.78, 5) is 4.19. The summed E-state index contributed by atoms with van der Waals surface area (Å²) in [7, 11) is 1.64. The lowest BCUT2D eigenvalue weighted by Gasteiger charge is -2.13. The van der Waals surface area contributed by atoms with Gasteiger partial charge in [0.15, 0.2) is 0 Å². The molecule has 0 aliphatic carbocycles. The van der Waals surface area contributed by atoms with Gasteiger partial charge in [-0.05, 0) is 5.39 Å². The molecule has 4 heteroatoms. The number of aromatic nitrogens is 1. The lowest BCUT2D eigenvalue weighted by Crippen LogP contribution is -2.24. The standard InChI is InChI=1S/C14H15N3O/c1-18-7-6-17-14(8-15)13-10-16-9-11-4-2-3-5-12(11)13/h2-5,9-10,14,17H,6-7H2,1H3. The topological polar surface area (TPSA) is 57.9 Å². The molecular weight excluding hydrogens is 226 g/mol. The van der Waals surface area contributed by atoms with Crippen molar-refractivity contribution >= 4 is 10.8 Å². The molecule has 1 aromatic carbocycles. The van der Waals surface area contributed by atoms with Crippen molar-refractivity contribution in [3.05, 3.63) is 42.2 Å². The van der Waals surface area contributed by atoms with E-state index in [4.69, 9.17) is 4.74 Å². The second-order valence-corrected chi connectivity index (χ2v) is 3.96. The molecule has 4 nitrogen and oxygen atoms in total. The number of methoxy groups -OCH3 is 1. The van der Waals surface area contributed by atoms with E-state index >= 15 is 0 Å². The van der Waals surface area contributed by atoms with E-state index in [0.29, 0.717) is 13.2 Å². The highest BCUT2D eigenvalue weighted by molar-refractivity contribution is 5.85. The first kappa shape index (κ1) is 12.5. The number of fused-ring (bicyclic) bond motifs is 1. The number of benzene rings is 1. The SMILES string of the molecule is COCCNC(C#N)c1cncc2ccccc12. The largest absolute Gasteiger partial charge is 0.383 e. The molecule has 1 heterocycles. The van der Waals surface area contributed by atoms with Crippen molar-refractivity contribution in [3.8, 4) is 6.07 Å². The summed E-state index contributed by atoms with van der Waals surface area (Å²) < 4.78 is 4.97. The van der Waals surface area contributed by atoms with Gasteiger partial charge in [-0.25, -0.2) is 0 Å². The van der Waals surface area contributed by atoms with Gasteiger partial charge in [0.2, 0.25) is 0 Å². The third kappa shape index (κ3) is 2.65. The van der Waals surface area contributed by atoms with Gasteiger partial charge in [-0.1, -0.05) is 24.3 Å². The van der Waals surface area contributed by atoms with Gasteiger partial charge >= 0.3 is 0 Å². The molecule has 18 heavy (non-hydrogen) atoms. The molecule has 0 aliphatic heterocycles. The van der Waals surface area contributed by atoms with Gasteiger partial charge in [0, 0.05) is 37.0 Å². The highest BCUT2D eigenvalue weighted by atomic mass is 16.5. The smallest absolute Gasteiger partial charge is 0.123 e. The Morgan fingerprint density at radius 3 is 3.00 bits per heavy atom. The van der Waals surface area contributed by atoms with Crippen molar-refractivity contribution in [1.82, 2.24) is 10.3 Å². The number of hydrogen-bond donors (Lipinski definition) is 1. The Bertz CT molecular complexity index is 557. The number of hydrogen-bond acceptors (Lipinski definition) is 4. The van der Waals surface area contributed by atoms with Crippen LogP contribution in [0.3, 0.4) is 0 Å². The molecule has 1 atom stereocenters. The summed E-state index contributed by atoms with van der Waals surface area (Å²) in [5.74, 6) is 0. The number of nitriles is 1. The van der Waals surface area contributed by atoms with E-state index in [2.05, 4.69) is 16.4 Å². The van der Waals surface area contributed by atoms with Crippen LogP contribution in [0.25, 0.3) is 10.8 Å². The van der Waals surface area contributed by atoms with E-state index < -0.39 is 0 Å². The van der Waals surface area contributed by atoms with Crippen LogP contribution in [0.1, 0.15) is 11.6 Å². The molecule has 0 amide bonds. The summed E-state index contributed by atoms with van der Waals surface area (Å²) in [6.45, 7) is 1.22. The van der Waals surface area contributed by atoms with Gasteiger partial charge in [-0.15, -0.1) is 0 Å². The first-order chi connectivity index (χ1) is 8.86. The Kier molecular flexibility index (Phi) is 4.24. The first-order valence-electron chi connectivity index (χ1n) is 5.81. The highest BCUT2D eigenvalue weighted by Gasteiger charge is 2.12. The van der Waals surface area contributed by atoms with Crippen molar-refractivity contribution in [3.63, 3.8) is 0 Å². The molecule has 2 aromatic rings. The zero-order valence-electron chi connectivity index (χ0n) is 10.3. The summed E-state index contributed by atoms with van der Waals surface area (Å²) in [5, 5.41) is 14.5. The second-order valence-electron chi connectivity index (χ2n) is 3.96. The van der Waals surface area contributed by atoms with Crippen LogP contribution in [0, 0.1) is 11.3 Å². The number of rotatable bonds is 5. The van der Waals surface area contributed by atoms with Crippen molar-refractivity contribution in [1.29, 1.82) is 5.26 Å². The molecule has 1 N–H and O–H groups in total. The van der Waals surface area contributed by atoms with Crippen molar-refractivity contribution in [2.45, 2.75) is 6.04 Å². The Balaban J connectivity index is 2.31. The Labute approximate surface area is 106 Å². The van der Waals surface area contributed by atoms with E-state index in [-0.39, 0.29) is 6.04 Å². The van der Waals surface area contributed by atoms with Gasteiger partial charge in [-0.3, -0.25) is 10.3 Å².